The third kappa shape index (κ3) is 4.57. The quantitative estimate of drug-likeness (QED) is 0.753. The number of urea groups is 1. The molecule has 3 rings (SSSR count). The highest BCUT2D eigenvalue weighted by Gasteiger charge is 2.25. The topological polar surface area (TPSA) is 88.7 Å². The zero-order valence-corrected chi connectivity index (χ0v) is 15.3. The first-order chi connectivity index (χ1) is 13.1. The van der Waals surface area contributed by atoms with E-state index in [2.05, 4.69) is 16.0 Å². The van der Waals surface area contributed by atoms with Gasteiger partial charge in [-0.3, -0.25) is 15.4 Å². The molecule has 0 aromatic heterocycles. The fourth-order valence-corrected chi connectivity index (χ4v) is 2.89. The van der Waals surface area contributed by atoms with Crippen LogP contribution in [0, 0.1) is 0 Å². The molecule has 2 aromatic carbocycles. The van der Waals surface area contributed by atoms with Gasteiger partial charge in [0.2, 0.25) is 5.91 Å². The van der Waals surface area contributed by atoms with Gasteiger partial charge in [0.15, 0.2) is 11.5 Å². The van der Waals surface area contributed by atoms with Crippen LogP contribution in [0.4, 0.5) is 4.79 Å². The number of nitrogens with one attached hydrogen (secondary N) is 3. The Kier molecular flexibility index (Phi) is 5.93. The Balaban J connectivity index is 1.80. The van der Waals surface area contributed by atoms with E-state index in [1.807, 2.05) is 55.5 Å². The predicted molar refractivity (Wildman–Crippen MR) is 101 cm³/mol. The van der Waals surface area contributed by atoms with Crippen molar-refractivity contribution in [2.75, 3.05) is 20.3 Å². The molecule has 0 unspecified atom stereocenters. The molecule has 0 saturated heterocycles. The molecule has 0 fully saturated rings. The van der Waals surface area contributed by atoms with Crippen LogP contribution in [0.2, 0.25) is 0 Å². The highest BCUT2D eigenvalue weighted by molar-refractivity contribution is 5.97. The van der Waals surface area contributed by atoms with E-state index in [0.29, 0.717) is 24.7 Å². The summed E-state index contributed by atoms with van der Waals surface area (Å²) in [6, 6.07) is 13.6. The molecule has 27 heavy (non-hydrogen) atoms. The molecule has 142 valence electrons. The second-order valence-corrected chi connectivity index (χ2v) is 6.20. The number of imide groups is 1. The predicted octanol–water partition coefficient (Wildman–Crippen LogP) is 2.31. The van der Waals surface area contributed by atoms with Crippen molar-refractivity contribution in [2.45, 2.75) is 19.0 Å². The summed E-state index contributed by atoms with van der Waals surface area (Å²) in [6.45, 7) is 3.00. The second-order valence-electron chi connectivity index (χ2n) is 6.20. The number of hydrogen-bond acceptors (Lipinski definition) is 5. The lowest BCUT2D eigenvalue weighted by atomic mass is 10.0. The summed E-state index contributed by atoms with van der Waals surface area (Å²) >= 11 is 0. The number of carbonyl (C=O) groups is 2. The molecular formula is C20H23N3O4. The van der Waals surface area contributed by atoms with E-state index in [4.69, 9.17) is 9.47 Å². The summed E-state index contributed by atoms with van der Waals surface area (Å²) in [6.07, 6.45) is 0. The van der Waals surface area contributed by atoms with Crippen molar-refractivity contribution in [3.05, 3.63) is 59.7 Å². The van der Waals surface area contributed by atoms with Crippen LogP contribution in [0.25, 0.3) is 0 Å². The SMILES string of the molecule is CNC(=O)NC(=O)[C@@H](N[C@@H](C)c1ccc2c(c1)OCCO2)c1ccccc1. The number of rotatable bonds is 5. The molecular weight excluding hydrogens is 346 g/mol. The molecule has 0 radical (unpaired) electrons. The maximum absolute atomic E-state index is 12.6. The van der Waals surface area contributed by atoms with Crippen LogP contribution in [0.1, 0.15) is 30.1 Å². The zero-order valence-electron chi connectivity index (χ0n) is 15.3. The Bertz CT molecular complexity index is 810. The minimum Gasteiger partial charge on any atom is -0.486 e. The molecule has 0 aliphatic carbocycles. The average Bonchev–Trinajstić information content (AvgIpc) is 2.71. The van der Waals surface area contributed by atoms with Gasteiger partial charge in [0, 0.05) is 13.1 Å². The van der Waals surface area contributed by atoms with Gasteiger partial charge in [0.05, 0.1) is 0 Å². The van der Waals surface area contributed by atoms with E-state index in [0.717, 1.165) is 11.1 Å². The van der Waals surface area contributed by atoms with Crippen LogP contribution in [0.3, 0.4) is 0 Å². The van der Waals surface area contributed by atoms with Crippen LogP contribution in [-0.4, -0.2) is 32.2 Å². The summed E-state index contributed by atoms with van der Waals surface area (Å²) < 4.78 is 11.2. The fraction of sp³-hybridized carbons (Fsp3) is 0.300. The Morgan fingerprint density at radius 1 is 0.963 bits per heavy atom. The minimum absolute atomic E-state index is 0.165. The Morgan fingerprint density at radius 3 is 2.37 bits per heavy atom. The monoisotopic (exact) mass is 369 g/mol. The van der Waals surface area contributed by atoms with E-state index >= 15 is 0 Å². The number of hydrogen-bond donors (Lipinski definition) is 3. The fourth-order valence-electron chi connectivity index (χ4n) is 2.89. The van der Waals surface area contributed by atoms with Crippen molar-refractivity contribution in [3.63, 3.8) is 0 Å². The summed E-state index contributed by atoms with van der Waals surface area (Å²) in [5, 5.41) is 8.03. The van der Waals surface area contributed by atoms with Crippen molar-refractivity contribution in [1.82, 2.24) is 16.0 Å². The third-order valence-corrected chi connectivity index (χ3v) is 4.34. The lowest BCUT2D eigenvalue weighted by Crippen LogP contribution is -2.44. The standard InChI is InChI=1S/C20H23N3O4/c1-13(15-8-9-16-17(12-15)27-11-10-26-16)22-18(14-6-4-3-5-7-14)19(24)23-20(25)21-2/h3-9,12-13,18,22H,10-11H2,1-2H3,(H2,21,23,24,25)/t13-,18-/m0/s1. The number of fused-ring (bicyclic) bond motifs is 1. The number of ether oxygens (including phenoxy) is 2. The second kappa shape index (κ2) is 8.55. The van der Waals surface area contributed by atoms with Crippen LogP contribution in [0.5, 0.6) is 11.5 Å². The van der Waals surface area contributed by atoms with Crippen LogP contribution < -0.4 is 25.4 Å². The van der Waals surface area contributed by atoms with Gasteiger partial charge in [0.1, 0.15) is 19.3 Å². The van der Waals surface area contributed by atoms with Crippen LogP contribution in [0.15, 0.2) is 48.5 Å². The van der Waals surface area contributed by atoms with Gasteiger partial charge in [-0.2, -0.15) is 0 Å². The summed E-state index contributed by atoms with van der Waals surface area (Å²) in [5.74, 6) is 0.984. The molecule has 3 amide bonds. The van der Waals surface area contributed by atoms with Gasteiger partial charge in [-0.25, -0.2) is 4.79 Å². The molecule has 7 nitrogen and oxygen atoms in total. The lowest BCUT2D eigenvalue weighted by molar-refractivity contribution is -0.122. The highest BCUT2D eigenvalue weighted by atomic mass is 16.6. The van der Waals surface area contributed by atoms with Crippen molar-refractivity contribution in [3.8, 4) is 11.5 Å². The average molecular weight is 369 g/mol. The van der Waals surface area contributed by atoms with Crippen molar-refractivity contribution in [1.29, 1.82) is 0 Å². The third-order valence-electron chi connectivity index (χ3n) is 4.34. The van der Waals surface area contributed by atoms with Crippen LogP contribution in [-0.2, 0) is 4.79 Å². The molecule has 0 bridgehead atoms. The number of carbonyl (C=O) groups excluding carboxylic acids is 2. The summed E-state index contributed by atoms with van der Waals surface area (Å²) in [5.41, 5.74) is 1.72. The van der Waals surface area contributed by atoms with E-state index < -0.39 is 18.0 Å². The van der Waals surface area contributed by atoms with E-state index in [1.54, 1.807) is 0 Å². The van der Waals surface area contributed by atoms with Gasteiger partial charge >= 0.3 is 6.03 Å². The Hall–Kier alpha value is -3.06. The van der Waals surface area contributed by atoms with Gasteiger partial charge in [-0.1, -0.05) is 36.4 Å². The maximum atomic E-state index is 12.6. The van der Waals surface area contributed by atoms with Gasteiger partial charge in [-0.05, 0) is 30.2 Å². The van der Waals surface area contributed by atoms with Gasteiger partial charge < -0.3 is 14.8 Å². The summed E-state index contributed by atoms with van der Waals surface area (Å²) in [7, 11) is 1.46. The largest absolute Gasteiger partial charge is 0.486 e. The first-order valence-corrected chi connectivity index (χ1v) is 8.81. The maximum Gasteiger partial charge on any atom is 0.321 e. The van der Waals surface area contributed by atoms with Gasteiger partial charge in [-0.15, -0.1) is 0 Å². The lowest BCUT2D eigenvalue weighted by Gasteiger charge is -2.25. The Morgan fingerprint density at radius 2 is 1.67 bits per heavy atom. The van der Waals surface area contributed by atoms with Crippen molar-refractivity contribution < 1.29 is 19.1 Å². The van der Waals surface area contributed by atoms with E-state index in [-0.39, 0.29) is 6.04 Å². The molecule has 1 aliphatic rings. The smallest absolute Gasteiger partial charge is 0.321 e. The van der Waals surface area contributed by atoms with Gasteiger partial charge in [0.25, 0.3) is 0 Å². The van der Waals surface area contributed by atoms with Crippen LogP contribution >= 0.6 is 0 Å². The van der Waals surface area contributed by atoms with E-state index in [1.165, 1.54) is 7.05 Å². The molecule has 2 atom stereocenters. The minimum atomic E-state index is -0.688. The van der Waals surface area contributed by atoms with Crippen molar-refractivity contribution in [2.24, 2.45) is 0 Å². The molecule has 3 N–H and O–H groups in total. The zero-order chi connectivity index (χ0) is 19.2. The number of benzene rings is 2. The Labute approximate surface area is 158 Å². The molecule has 1 aliphatic heterocycles. The van der Waals surface area contributed by atoms with Crippen molar-refractivity contribution >= 4 is 11.9 Å². The first kappa shape index (κ1) is 18.7. The number of amides is 3. The van der Waals surface area contributed by atoms with E-state index in [9.17, 15) is 9.59 Å². The molecule has 7 heteroatoms. The first-order valence-electron chi connectivity index (χ1n) is 8.81. The molecule has 2 aromatic rings. The molecule has 0 saturated carbocycles. The molecule has 1 heterocycles. The molecule has 0 spiro atoms. The normalized spacial score (nSPS) is 14.7. The summed E-state index contributed by atoms with van der Waals surface area (Å²) in [4.78, 5) is 24.2. The highest BCUT2D eigenvalue weighted by Crippen LogP contribution is 2.33.